The third-order valence-electron chi connectivity index (χ3n) is 2.76. The van der Waals surface area contributed by atoms with Gasteiger partial charge in [0.2, 0.25) is 0 Å². The van der Waals surface area contributed by atoms with E-state index in [0.29, 0.717) is 11.5 Å². The molecule has 6 heteroatoms. The minimum atomic E-state index is -1.12. The number of carboxylic acid groups (broad SMARTS) is 1. The van der Waals surface area contributed by atoms with Crippen LogP contribution >= 0.6 is 15.9 Å². The maximum Gasteiger partial charge on any atom is 0.341 e. The molecule has 0 spiro atoms. The van der Waals surface area contributed by atoms with E-state index in [1.807, 2.05) is 25.1 Å². The van der Waals surface area contributed by atoms with Gasteiger partial charge in [-0.25, -0.2) is 14.8 Å². The Hall–Kier alpha value is -1.95. The molecule has 19 heavy (non-hydrogen) atoms. The van der Waals surface area contributed by atoms with E-state index in [1.54, 1.807) is 6.92 Å². The zero-order valence-electron chi connectivity index (χ0n) is 10.4. The molecule has 0 bridgehead atoms. The lowest BCUT2D eigenvalue weighted by Crippen LogP contribution is -2.10. The Labute approximate surface area is 118 Å². The second-order valence-electron chi connectivity index (χ2n) is 4.16. The molecule has 0 saturated heterocycles. The molecule has 0 aliphatic heterocycles. The number of hydrogen-bond acceptors (Lipinski definition) is 4. The fourth-order valence-corrected chi connectivity index (χ4v) is 2.33. The first-order valence-corrected chi connectivity index (χ1v) is 6.33. The van der Waals surface area contributed by atoms with Crippen LogP contribution in [-0.2, 0) is 0 Å². The first-order chi connectivity index (χ1) is 8.90. The molecule has 0 amide bonds. The van der Waals surface area contributed by atoms with Crippen LogP contribution < -0.4 is 5.73 Å². The summed E-state index contributed by atoms with van der Waals surface area (Å²) in [5, 5.41) is 9.03. The number of halogens is 1. The van der Waals surface area contributed by atoms with Crippen LogP contribution in [0.5, 0.6) is 0 Å². The molecule has 0 fully saturated rings. The van der Waals surface area contributed by atoms with Gasteiger partial charge in [-0.05, 0) is 37.6 Å². The number of nitrogens with two attached hydrogens (primary N) is 1. The number of carbonyl (C=O) groups is 1. The Kier molecular flexibility index (Phi) is 3.53. The van der Waals surface area contributed by atoms with E-state index in [1.165, 1.54) is 0 Å². The van der Waals surface area contributed by atoms with Crippen LogP contribution in [0.25, 0.3) is 11.4 Å². The van der Waals surface area contributed by atoms with Crippen LogP contribution in [0, 0.1) is 13.8 Å². The average molecular weight is 322 g/mol. The Balaban J connectivity index is 2.61. The summed E-state index contributed by atoms with van der Waals surface area (Å²) in [5.74, 6) is -0.698. The number of aromatic carboxylic acids is 1. The summed E-state index contributed by atoms with van der Waals surface area (Å²) in [4.78, 5) is 19.4. The van der Waals surface area contributed by atoms with E-state index in [-0.39, 0.29) is 11.4 Å². The van der Waals surface area contributed by atoms with Crippen molar-refractivity contribution in [2.75, 3.05) is 5.73 Å². The van der Waals surface area contributed by atoms with Crippen molar-refractivity contribution in [3.05, 3.63) is 39.5 Å². The number of carboxylic acids is 1. The molecular formula is C13H12BrN3O2. The zero-order chi connectivity index (χ0) is 14.2. The van der Waals surface area contributed by atoms with Crippen LogP contribution in [0.3, 0.4) is 0 Å². The van der Waals surface area contributed by atoms with Crippen LogP contribution in [0.2, 0.25) is 0 Å². The fourth-order valence-electron chi connectivity index (χ4n) is 1.86. The van der Waals surface area contributed by atoms with E-state index in [9.17, 15) is 4.79 Å². The Bertz CT molecular complexity index is 648. The lowest BCUT2D eigenvalue weighted by molar-refractivity contribution is 0.0696. The molecule has 3 N–H and O–H groups in total. The van der Waals surface area contributed by atoms with Gasteiger partial charge in [0.25, 0.3) is 0 Å². The van der Waals surface area contributed by atoms with Crippen molar-refractivity contribution in [2.24, 2.45) is 0 Å². The Morgan fingerprint density at radius 1 is 1.32 bits per heavy atom. The largest absolute Gasteiger partial charge is 0.477 e. The summed E-state index contributed by atoms with van der Waals surface area (Å²) in [6, 6.07) is 5.69. The molecule has 0 aliphatic rings. The van der Waals surface area contributed by atoms with E-state index >= 15 is 0 Å². The summed E-state index contributed by atoms with van der Waals surface area (Å²) in [5.41, 5.74) is 7.83. The summed E-state index contributed by atoms with van der Waals surface area (Å²) in [6.07, 6.45) is 0. The number of hydrogen-bond donors (Lipinski definition) is 2. The highest BCUT2D eigenvalue weighted by Gasteiger charge is 2.17. The number of anilines is 1. The van der Waals surface area contributed by atoms with Crippen molar-refractivity contribution in [1.29, 1.82) is 0 Å². The van der Waals surface area contributed by atoms with Gasteiger partial charge in [0.05, 0.1) is 5.69 Å². The summed E-state index contributed by atoms with van der Waals surface area (Å²) < 4.78 is 0.959. The number of nitrogen functional groups attached to an aromatic ring is 1. The maximum absolute atomic E-state index is 11.0. The van der Waals surface area contributed by atoms with Crippen LogP contribution in [0.4, 0.5) is 5.82 Å². The molecule has 1 aromatic heterocycles. The van der Waals surface area contributed by atoms with Gasteiger partial charge in [-0.2, -0.15) is 0 Å². The lowest BCUT2D eigenvalue weighted by atomic mass is 10.1. The predicted molar refractivity (Wildman–Crippen MR) is 76.0 cm³/mol. The van der Waals surface area contributed by atoms with Crippen LogP contribution in [0.15, 0.2) is 22.7 Å². The van der Waals surface area contributed by atoms with E-state index in [2.05, 4.69) is 25.9 Å². The maximum atomic E-state index is 11.0. The number of nitrogens with zero attached hydrogens (tertiary/aromatic N) is 2. The molecule has 98 valence electrons. The molecule has 0 atom stereocenters. The Morgan fingerprint density at radius 2 is 2.00 bits per heavy atom. The van der Waals surface area contributed by atoms with Crippen LogP contribution in [-0.4, -0.2) is 21.0 Å². The molecule has 0 saturated carbocycles. The number of aryl methyl sites for hydroxylation is 2. The summed E-state index contributed by atoms with van der Waals surface area (Å²) in [6.45, 7) is 3.54. The van der Waals surface area contributed by atoms with Crippen molar-refractivity contribution in [3.63, 3.8) is 0 Å². The van der Waals surface area contributed by atoms with Gasteiger partial charge in [0.1, 0.15) is 11.4 Å². The first kappa shape index (κ1) is 13.5. The highest BCUT2D eigenvalue weighted by Crippen LogP contribution is 2.25. The van der Waals surface area contributed by atoms with E-state index in [0.717, 1.165) is 15.6 Å². The van der Waals surface area contributed by atoms with Gasteiger partial charge in [0, 0.05) is 10.0 Å². The zero-order valence-corrected chi connectivity index (χ0v) is 12.0. The van der Waals surface area contributed by atoms with Gasteiger partial charge in [-0.3, -0.25) is 0 Å². The minimum Gasteiger partial charge on any atom is -0.477 e. The van der Waals surface area contributed by atoms with Crippen molar-refractivity contribution in [3.8, 4) is 11.4 Å². The molecule has 2 aromatic rings. The van der Waals surface area contributed by atoms with Gasteiger partial charge < -0.3 is 10.8 Å². The molecular weight excluding hydrogens is 310 g/mol. The smallest absolute Gasteiger partial charge is 0.341 e. The van der Waals surface area contributed by atoms with Gasteiger partial charge >= 0.3 is 5.97 Å². The molecule has 0 unspecified atom stereocenters. The Morgan fingerprint density at radius 3 is 2.53 bits per heavy atom. The van der Waals surface area contributed by atoms with Gasteiger partial charge in [-0.1, -0.05) is 15.9 Å². The van der Waals surface area contributed by atoms with Gasteiger partial charge in [0.15, 0.2) is 5.82 Å². The molecule has 0 aliphatic carbocycles. The van der Waals surface area contributed by atoms with Crippen molar-refractivity contribution in [1.82, 2.24) is 9.97 Å². The van der Waals surface area contributed by atoms with Gasteiger partial charge in [-0.15, -0.1) is 0 Å². The molecule has 0 radical (unpaired) electrons. The minimum absolute atomic E-state index is 0.0164. The molecule has 1 aromatic carbocycles. The lowest BCUT2D eigenvalue weighted by Gasteiger charge is -2.09. The second kappa shape index (κ2) is 4.97. The van der Waals surface area contributed by atoms with E-state index < -0.39 is 5.97 Å². The third kappa shape index (κ3) is 2.58. The van der Waals surface area contributed by atoms with Crippen LogP contribution in [0.1, 0.15) is 21.6 Å². The normalized spacial score (nSPS) is 10.5. The summed E-state index contributed by atoms with van der Waals surface area (Å²) in [7, 11) is 0. The SMILES string of the molecule is Cc1cc(Br)ccc1-c1nc(C)c(C(=O)O)c(N)n1. The summed E-state index contributed by atoms with van der Waals surface area (Å²) >= 11 is 3.39. The second-order valence-corrected chi connectivity index (χ2v) is 5.07. The number of benzene rings is 1. The topological polar surface area (TPSA) is 89.1 Å². The number of rotatable bonds is 2. The predicted octanol–water partition coefficient (Wildman–Crippen LogP) is 2.80. The highest BCUT2D eigenvalue weighted by molar-refractivity contribution is 9.10. The highest BCUT2D eigenvalue weighted by atomic mass is 79.9. The first-order valence-electron chi connectivity index (χ1n) is 5.54. The monoisotopic (exact) mass is 321 g/mol. The quantitative estimate of drug-likeness (QED) is 0.887. The standard InChI is InChI=1S/C13H12BrN3O2/c1-6-5-8(14)3-4-9(6)12-16-7(2)10(13(18)19)11(15)17-12/h3-5H,1-2H3,(H,18,19)(H2,15,16,17). The molecule has 2 rings (SSSR count). The molecule has 5 nitrogen and oxygen atoms in total. The number of aromatic nitrogens is 2. The van der Waals surface area contributed by atoms with Crippen molar-refractivity contribution in [2.45, 2.75) is 13.8 Å². The van der Waals surface area contributed by atoms with E-state index in [4.69, 9.17) is 10.8 Å². The fraction of sp³-hybridized carbons (Fsp3) is 0.154. The van der Waals surface area contributed by atoms with Crippen molar-refractivity contribution >= 4 is 27.7 Å². The van der Waals surface area contributed by atoms with Crippen molar-refractivity contribution < 1.29 is 9.90 Å². The third-order valence-corrected chi connectivity index (χ3v) is 3.25. The molecule has 1 heterocycles. The average Bonchev–Trinajstić information content (AvgIpc) is 2.26.